The number of anilines is 1. The van der Waals surface area contributed by atoms with Crippen molar-refractivity contribution in [3.8, 4) is 0 Å². The zero-order valence-corrected chi connectivity index (χ0v) is 11.5. The zero-order valence-electron chi connectivity index (χ0n) is 11.5. The molecule has 0 atom stereocenters. The minimum absolute atomic E-state index is 0.241. The maximum atomic E-state index is 11.5. The van der Waals surface area contributed by atoms with Crippen LogP contribution < -0.4 is 5.73 Å². The van der Waals surface area contributed by atoms with Crippen molar-refractivity contribution in [1.29, 1.82) is 0 Å². The monoisotopic (exact) mass is 253 g/mol. The van der Waals surface area contributed by atoms with E-state index in [2.05, 4.69) is 16.6 Å². The van der Waals surface area contributed by atoms with Crippen LogP contribution in [0.3, 0.4) is 0 Å². The Hall–Kier alpha value is -1.52. The maximum absolute atomic E-state index is 11.5. The molecule has 0 aliphatic carbocycles. The second-order valence-corrected chi connectivity index (χ2v) is 4.32. The van der Waals surface area contributed by atoms with E-state index in [4.69, 9.17) is 5.73 Å². The van der Waals surface area contributed by atoms with Crippen molar-refractivity contribution in [1.82, 2.24) is 9.55 Å². The molecule has 5 heteroatoms. The van der Waals surface area contributed by atoms with Crippen LogP contribution in [0.25, 0.3) is 0 Å². The van der Waals surface area contributed by atoms with Gasteiger partial charge in [0.1, 0.15) is 11.6 Å². The van der Waals surface area contributed by atoms with E-state index < -0.39 is 5.97 Å². The van der Waals surface area contributed by atoms with E-state index in [0.29, 0.717) is 5.82 Å². The van der Waals surface area contributed by atoms with Crippen LogP contribution in [0.5, 0.6) is 0 Å². The second-order valence-electron chi connectivity index (χ2n) is 4.32. The van der Waals surface area contributed by atoms with Gasteiger partial charge in [0.05, 0.1) is 7.11 Å². The second kappa shape index (κ2) is 7.03. The molecule has 0 saturated carbocycles. The summed E-state index contributed by atoms with van der Waals surface area (Å²) in [5, 5.41) is 0. The van der Waals surface area contributed by atoms with Gasteiger partial charge in [0.15, 0.2) is 5.69 Å². The molecule has 0 aromatic carbocycles. The maximum Gasteiger partial charge on any atom is 0.360 e. The highest BCUT2D eigenvalue weighted by Gasteiger charge is 2.19. The van der Waals surface area contributed by atoms with E-state index >= 15 is 0 Å². The Kier molecular flexibility index (Phi) is 5.68. The summed E-state index contributed by atoms with van der Waals surface area (Å²) in [4.78, 5) is 15.8. The fourth-order valence-corrected chi connectivity index (χ4v) is 1.98. The van der Waals surface area contributed by atoms with E-state index in [1.807, 2.05) is 11.5 Å². The van der Waals surface area contributed by atoms with E-state index in [1.165, 1.54) is 26.4 Å². The number of ether oxygens (including phenoxy) is 1. The van der Waals surface area contributed by atoms with Gasteiger partial charge in [-0.25, -0.2) is 9.78 Å². The smallest absolute Gasteiger partial charge is 0.360 e. The molecule has 0 unspecified atom stereocenters. The van der Waals surface area contributed by atoms with Crippen molar-refractivity contribution in [3.05, 3.63) is 11.5 Å². The third-order valence-corrected chi connectivity index (χ3v) is 3.02. The molecule has 0 aliphatic heterocycles. The standard InChI is InChI=1S/C13H23N3O2/c1-4-6-7-8-9-16-10(5-2)15-11(12(16)14)13(17)18-3/h4-9,14H2,1-3H3. The van der Waals surface area contributed by atoms with Crippen LogP contribution in [0.4, 0.5) is 5.82 Å². The van der Waals surface area contributed by atoms with Crippen LogP contribution in [0.2, 0.25) is 0 Å². The molecule has 1 heterocycles. The molecule has 2 N–H and O–H groups in total. The van der Waals surface area contributed by atoms with Crippen molar-refractivity contribution in [2.45, 2.75) is 52.5 Å². The highest BCUT2D eigenvalue weighted by Crippen LogP contribution is 2.17. The summed E-state index contributed by atoms with van der Waals surface area (Å²) in [6.45, 7) is 5.00. The van der Waals surface area contributed by atoms with Crippen LogP contribution in [0.15, 0.2) is 0 Å². The molecule has 5 nitrogen and oxygen atoms in total. The highest BCUT2D eigenvalue weighted by molar-refractivity contribution is 5.92. The van der Waals surface area contributed by atoms with E-state index in [-0.39, 0.29) is 5.69 Å². The Balaban J connectivity index is 2.82. The molecule has 0 saturated heterocycles. The van der Waals surface area contributed by atoms with Crippen LogP contribution in [0.1, 0.15) is 55.8 Å². The lowest BCUT2D eigenvalue weighted by Crippen LogP contribution is -2.09. The Bertz CT molecular complexity index is 399. The number of rotatable bonds is 7. The normalized spacial score (nSPS) is 10.6. The number of nitrogen functional groups attached to an aromatic ring is 1. The predicted molar refractivity (Wildman–Crippen MR) is 71.5 cm³/mol. The van der Waals surface area contributed by atoms with Crippen LogP contribution >= 0.6 is 0 Å². The summed E-state index contributed by atoms with van der Waals surface area (Å²) in [5.74, 6) is 0.814. The largest absolute Gasteiger partial charge is 0.464 e. The summed E-state index contributed by atoms with van der Waals surface area (Å²) >= 11 is 0. The number of carbonyl (C=O) groups excluding carboxylic acids is 1. The number of nitrogens with two attached hydrogens (primary N) is 1. The molecule has 0 aliphatic rings. The Morgan fingerprint density at radius 3 is 2.61 bits per heavy atom. The molecular formula is C13H23N3O2. The van der Waals surface area contributed by atoms with Crippen molar-refractivity contribution in [2.75, 3.05) is 12.8 Å². The summed E-state index contributed by atoms with van der Waals surface area (Å²) in [6.07, 6.45) is 5.41. The Morgan fingerprint density at radius 2 is 2.06 bits per heavy atom. The molecule has 18 heavy (non-hydrogen) atoms. The Morgan fingerprint density at radius 1 is 1.33 bits per heavy atom. The summed E-state index contributed by atoms with van der Waals surface area (Å²) in [6, 6.07) is 0. The summed E-state index contributed by atoms with van der Waals surface area (Å²) < 4.78 is 6.61. The molecule has 1 rings (SSSR count). The fraction of sp³-hybridized carbons (Fsp3) is 0.692. The fourth-order valence-electron chi connectivity index (χ4n) is 1.98. The Labute approximate surface area is 108 Å². The van der Waals surface area contributed by atoms with Gasteiger partial charge in [-0.15, -0.1) is 0 Å². The van der Waals surface area contributed by atoms with Gasteiger partial charge < -0.3 is 15.0 Å². The van der Waals surface area contributed by atoms with Gasteiger partial charge in [-0.3, -0.25) is 0 Å². The van der Waals surface area contributed by atoms with Crippen molar-refractivity contribution >= 4 is 11.8 Å². The van der Waals surface area contributed by atoms with Crippen LogP contribution in [-0.4, -0.2) is 22.6 Å². The molecule has 0 amide bonds. The molecule has 1 aromatic heterocycles. The number of carbonyl (C=O) groups is 1. The minimum Gasteiger partial charge on any atom is -0.464 e. The first kappa shape index (κ1) is 14.5. The highest BCUT2D eigenvalue weighted by atomic mass is 16.5. The number of imidazole rings is 1. The lowest BCUT2D eigenvalue weighted by Gasteiger charge is -2.08. The van der Waals surface area contributed by atoms with Gasteiger partial charge in [-0.05, 0) is 6.42 Å². The summed E-state index contributed by atoms with van der Waals surface area (Å²) in [5.41, 5.74) is 6.21. The number of nitrogens with zero attached hydrogens (tertiary/aromatic N) is 2. The molecule has 102 valence electrons. The minimum atomic E-state index is -0.463. The third-order valence-electron chi connectivity index (χ3n) is 3.02. The number of hydrogen-bond acceptors (Lipinski definition) is 4. The topological polar surface area (TPSA) is 70.1 Å². The van der Waals surface area contributed by atoms with Crippen molar-refractivity contribution in [2.24, 2.45) is 0 Å². The van der Waals surface area contributed by atoms with Gasteiger partial charge in [-0.2, -0.15) is 0 Å². The van der Waals surface area contributed by atoms with E-state index in [0.717, 1.165) is 25.2 Å². The van der Waals surface area contributed by atoms with Gasteiger partial charge in [0, 0.05) is 13.0 Å². The molecule has 1 aromatic rings. The lowest BCUT2D eigenvalue weighted by atomic mass is 10.2. The average molecular weight is 253 g/mol. The molecule has 0 fully saturated rings. The summed E-state index contributed by atoms with van der Waals surface area (Å²) in [7, 11) is 1.34. The number of esters is 1. The van der Waals surface area contributed by atoms with Gasteiger partial charge in [-0.1, -0.05) is 33.1 Å². The molecular weight excluding hydrogens is 230 g/mol. The van der Waals surface area contributed by atoms with Crippen LogP contribution in [-0.2, 0) is 17.7 Å². The predicted octanol–water partition coefficient (Wildman–Crippen LogP) is 2.39. The average Bonchev–Trinajstić information content (AvgIpc) is 2.71. The van der Waals surface area contributed by atoms with E-state index in [1.54, 1.807) is 0 Å². The quantitative estimate of drug-likeness (QED) is 0.598. The van der Waals surface area contributed by atoms with Gasteiger partial charge in [0.25, 0.3) is 0 Å². The number of hydrogen-bond donors (Lipinski definition) is 1. The molecule has 0 bridgehead atoms. The van der Waals surface area contributed by atoms with Crippen LogP contribution in [0, 0.1) is 0 Å². The van der Waals surface area contributed by atoms with Gasteiger partial charge >= 0.3 is 5.97 Å². The first-order valence-corrected chi connectivity index (χ1v) is 6.58. The molecule has 0 radical (unpaired) electrons. The lowest BCUT2D eigenvalue weighted by molar-refractivity contribution is 0.0595. The SMILES string of the molecule is CCCCCCn1c(CC)nc(C(=O)OC)c1N. The number of aromatic nitrogens is 2. The van der Waals surface area contributed by atoms with Gasteiger partial charge in [0.2, 0.25) is 0 Å². The number of unbranched alkanes of at least 4 members (excludes halogenated alkanes) is 3. The number of methoxy groups -OCH3 is 1. The first-order valence-electron chi connectivity index (χ1n) is 6.58. The van der Waals surface area contributed by atoms with Crippen molar-refractivity contribution in [3.63, 3.8) is 0 Å². The number of aryl methyl sites for hydroxylation is 1. The van der Waals surface area contributed by atoms with Crippen molar-refractivity contribution < 1.29 is 9.53 Å². The van der Waals surface area contributed by atoms with E-state index in [9.17, 15) is 4.79 Å². The zero-order chi connectivity index (χ0) is 13.5. The third kappa shape index (κ3) is 3.24. The first-order chi connectivity index (χ1) is 8.65. The molecule has 0 spiro atoms.